The van der Waals surface area contributed by atoms with Crippen LogP contribution in [-0.4, -0.2) is 49.6 Å². The van der Waals surface area contributed by atoms with Gasteiger partial charge in [0.05, 0.1) is 5.25 Å². The van der Waals surface area contributed by atoms with Gasteiger partial charge in [0.15, 0.2) is 0 Å². The van der Waals surface area contributed by atoms with Crippen LogP contribution in [-0.2, 0) is 14.6 Å². The zero-order valence-corrected chi connectivity index (χ0v) is 12.4. The number of carbonyl (C=O) groups is 1. The van der Waals surface area contributed by atoms with Crippen molar-refractivity contribution in [3.05, 3.63) is 0 Å². The molecule has 1 saturated heterocycles. The first kappa shape index (κ1) is 15.3. The first-order valence-corrected chi connectivity index (χ1v) is 8.22. The van der Waals surface area contributed by atoms with Crippen molar-refractivity contribution >= 4 is 15.9 Å². The molecule has 1 amide bonds. The van der Waals surface area contributed by atoms with E-state index in [1.54, 1.807) is 4.90 Å². The molecule has 0 aliphatic carbocycles. The molecule has 0 aromatic carbocycles. The van der Waals surface area contributed by atoms with Crippen molar-refractivity contribution in [3.8, 4) is 0 Å². The van der Waals surface area contributed by atoms with Gasteiger partial charge in [0, 0.05) is 19.3 Å². The minimum Gasteiger partial charge on any atom is -0.444 e. The second kappa shape index (κ2) is 5.47. The lowest BCUT2D eigenvalue weighted by Crippen LogP contribution is -2.37. The minimum atomic E-state index is -3.01. The largest absolute Gasteiger partial charge is 0.444 e. The molecule has 6 heteroatoms. The second-order valence-corrected chi connectivity index (χ2v) is 8.18. The highest BCUT2D eigenvalue weighted by Gasteiger charge is 2.28. The van der Waals surface area contributed by atoms with E-state index in [1.165, 1.54) is 6.26 Å². The maximum atomic E-state index is 11.9. The number of rotatable bonds is 1. The average molecular weight is 277 g/mol. The molecule has 1 aliphatic heterocycles. The molecule has 0 radical (unpaired) electrons. The van der Waals surface area contributed by atoms with Crippen LogP contribution in [0.2, 0.25) is 0 Å². The Balaban J connectivity index is 2.60. The summed E-state index contributed by atoms with van der Waals surface area (Å²) < 4.78 is 28.3. The van der Waals surface area contributed by atoms with Gasteiger partial charge in [-0.05, 0) is 40.0 Å². The van der Waals surface area contributed by atoms with Crippen molar-refractivity contribution < 1.29 is 17.9 Å². The number of amides is 1. The predicted octanol–water partition coefficient (Wildman–Crippen LogP) is 1.82. The summed E-state index contributed by atoms with van der Waals surface area (Å²) in [7, 11) is -3.01. The van der Waals surface area contributed by atoms with Gasteiger partial charge in [-0.25, -0.2) is 13.2 Å². The summed E-state index contributed by atoms with van der Waals surface area (Å²) in [6.07, 6.45) is 2.74. The molecule has 1 atom stereocenters. The number of carbonyl (C=O) groups excluding carboxylic acids is 1. The van der Waals surface area contributed by atoms with E-state index in [-0.39, 0.29) is 11.3 Å². The summed E-state index contributed by atoms with van der Waals surface area (Å²) in [4.78, 5) is 13.5. The third kappa shape index (κ3) is 4.84. The molecule has 1 fully saturated rings. The zero-order valence-electron chi connectivity index (χ0n) is 11.6. The number of ether oxygens (including phenoxy) is 1. The molecular weight excluding hydrogens is 254 g/mol. The Morgan fingerprint density at radius 1 is 1.22 bits per heavy atom. The van der Waals surface area contributed by atoms with E-state index in [0.717, 1.165) is 0 Å². The highest BCUT2D eigenvalue weighted by atomic mass is 32.2. The van der Waals surface area contributed by atoms with Crippen LogP contribution in [0.15, 0.2) is 0 Å². The smallest absolute Gasteiger partial charge is 0.410 e. The highest BCUT2D eigenvalue weighted by molar-refractivity contribution is 7.91. The monoisotopic (exact) mass is 277 g/mol. The summed E-state index contributed by atoms with van der Waals surface area (Å²) in [5.41, 5.74) is -0.514. The van der Waals surface area contributed by atoms with Crippen molar-refractivity contribution in [2.75, 3.05) is 19.3 Å². The van der Waals surface area contributed by atoms with Crippen molar-refractivity contribution in [1.29, 1.82) is 0 Å². The number of hydrogen-bond donors (Lipinski definition) is 0. The van der Waals surface area contributed by atoms with E-state index in [0.29, 0.717) is 32.4 Å². The maximum Gasteiger partial charge on any atom is 0.410 e. The number of nitrogens with zero attached hydrogens (tertiary/aromatic N) is 1. The first-order valence-electron chi connectivity index (χ1n) is 6.26. The fourth-order valence-corrected chi connectivity index (χ4v) is 3.13. The minimum absolute atomic E-state index is 0.329. The third-order valence-electron chi connectivity index (χ3n) is 2.93. The van der Waals surface area contributed by atoms with E-state index in [4.69, 9.17) is 4.74 Å². The summed E-state index contributed by atoms with van der Waals surface area (Å²) in [5, 5.41) is -0.329. The summed E-state index contributed by atoms with van der Waals surface area (Å²) in [6, 6.07) is 0. The Bertz CT molecular complexity index is 397. The summed E-state index contributed by atoms with van der Waals surface area (Å²) in [6.45, 7) is 6.49. The summed E-state index contributed by atoms with van der Waals surface area (Å²) >= 11 is 0. The number of likely N-dealkylation sites (tertiary alicyclic amines) is 1. The molecule has 1 unspecified atom stereocenters. The van der Waals surface area contributed by atoms with Crippen LogP contribution in [0.3, 0.4) is 0 Å². The van der Waals surface area contributed by atoms with Crippen LogP contribution < -0.4 is 0 Å². The van der Waals surface area contributed by atoms with Gasteiger partial charge in [0.25, 0.3) is 0 Å². The Labute approximate surface area is 109 Å². The topological polar surface area (TPSA) is 63.7 Å². The number of sulfone groups is 1. The van der Waals surface area contributed by atoms with Gasteiger partial charge < -0.3 is 9.64 Å². The molecule has 0 aromatic rings. The van der Waals surface area contributed by atoms with Gasteiger partial charge in [-0.1, -0.05) is 0 Å². The Hall–Kier alpha value is -0.780. The Kier molecular flexibility index (Phi) is 4.64. The van der Waals surface area contributed by atoms with E-state index >= 15 is 0 Å². The van der Waals surface area contributed by atoms with Crippen molar-refractivity contribution in [1.82, 2.24) is 4.90 Å². The molecular formula is C12H23NO4S. The average Bonchev–Trinajstić information content (AvgIpc) is 2.38. The molecule has 0 N–H and O–H groups in total. The lowest BCUT2D eigenvalue weighted by molar-refractivity contribution is 0.0257. The molecule has 0 bridgehead atoms. The van der Waals surface area contributed by atoms with Crippen LogP contribution in [0.5, 0.6) is 0 Å². The first-order chi connectivity index (χ1) is 8.09. The fraction of sp³-hybridized carbons (Fsp3) is 0.917. The second-order valence-electron chi connectivity index (χ2n) is 5.85. The SMILES string of the molecule is CC(C)(C)OC(=O)N1CCCC(S(C)(=O)=O)CC1. The van der Waals surface area contributed by atoms with Gasteiger partial charge in [0.1, 0.15) is 15.4 Å². The van der Waals surface area contributed by atoms with Crippen molar-refractivity contribution in [2.24, 2.45) is 0 Å². The zero-order chi connectivity index (χ0) is 14.0. The molecule has 18 heavy (non-hydrogen) atoms. The Morgan fingerprint density at radius 3 is 2.33 bits per heavy atom. The quantitative estimate of drug-likeness (QED) is 0.733. The van der Waals surface area contributed by atoms with Crippen LogP contribution in [0.25, 0.3) is 0 Å². The standard InChI is InChI=1S/C12H23NO4S/c1-12(2,3)17-11(14)13-8-5-6-10(7-9-13)18(4,15)16/h10H,5-9H2,1-4H3. The van der Waals surface area contributed by atoms with Crippen LogP contribution in [0.1, 0.15) is 40.0 Å². The van der Waals surface area contributed by atoms with Crippen molar-refractivity contribution in [2.45, 2.75) is 50.9 Å². The fourth-order valence-electron chi connectivity index (χ4n) is 2.00. The lowest BCUT2D eigenvalue weighted by Gasteiger charge is -2.26. The predicted molar refractivity (Wildman–Crippen MR) is 70.3 cm³/mol. The molecule has 0 aromatic heterocycles. The van der Waals surface area contributed by atoms with Crippen LogP contribution in [0.4, 0.5) is 4.79 Å². The van der Waals surface area contributed by atoms with E-state index in [9.17, 15) is 13.2 Å². The molecule has 1 aliphatic rings. The molecule has 0 saturated carbocycles. The van der Waals surface area contributed by atoms with Crippen LogP contribution in [0, 0.1) is 0 Å². The van der Waals surface area contributed by atoms with Gasteiger partial charge in [-0.3, -0.25) is 0 Å². The van der Waals surface area contributed by atoms with Gasteiger partial charge in [-0.2, -0.15) is 0 Å². The van der Waals surface area contributed by atoms with E-state index in [2.05, 4.69) is 0 Å². The van der Waals surface area contributed by atoms with Gasteiger partial charge in [-0.15, -0.1) is 0 Å². The maximum absolute atomic E-state index is 11.9. The lowest BCUT2D eigenvalue weighted by atomic mass is 10.2. The molecule has 106 valence electrons. The highest BCUT2D eigenvalue weighted by Crippen LogP contribution is 2.19. The van der Waals surface area contributed by atoms with Crippen LogP contribution >= 0.6 is 0 Å². The van der Waals surface area contributed by atoms with Gasteiger partial charge in [0.2, 0.25) is 0 Å². The molecule has 1 heterocycles. The Morgan fingerprint density at radius 2 is 1.83 bits per heavy atom. The molecule has 1 rings (SSSR count). The third-order valence-corrected chi connectivity index (χ3v) is 4.61. The van der Waals surface area contributed by atoms with E-state index < -0.39 is 15.4 Å². The molecule has 5 nitrogen and oxygen atoms in total. The van der Waals surface area contributed by atoms with E-state index in [1.807, 2.05) is 20.8 Å². The number of hydrogen-bond acceptors (Lipinski definition) is 4. The molecule has 0 spiro atoms. The summed E-state index contributed by atoms with van der Waals surface area (Å²) in [5.74, 6) is 0. The van der Waals surface area contributed by atoms with Crippen molar-refractivity contribution in [3.63, 3.8) is 0 Å². The normalized spacial score (nSPS) is 22.4. The van der Waals surface area contributed by atoms with Gasteiger partial charge >= 0.3 is 6.09 Å².